The fourth-order valence-corrected chi connectivity index (χ4v) is 3.82. The zero-order valence-corrected chi connectivity index (χ0v) is 17.8. The van der Waals surface area contributed by atoms with E-state index < -0.39 is 5.41 Å². The second-order valence-electron chi connectivity index (χ2n) is 7.43. The number of rotatable bonds is 5. The number of ether oxygens (including phenoxy) is 1. The summed E-state index contributed by atoms with van der Waals surface area (Å²) < 4.78 is 6.16. The Morgan fingerprint density at radius 3 is 2.68 bits per heavy atom. The predicted octanol–water partition coefficient (Wildman–Crippen LogP) is 4.02. The number of nitrogens with one attached hydrogen (secondary N) is 1. The Kier molecular flexibility index (Phi) is 6.39. The Balaban J connectivity index is 1.64. The van der Waals surface area contributed by atoms with Gasteiger partial charge in [0, 0.05) is 29.7 Å². The Morgan fingerprint density at radius 2 is 1.96 bits per heavy atom. The first kappa shape index (κ1) is 20.4. The number of halogens is 1. The lowest BCUT2D eigenvalue weighted by Gasteiger charge is -2.39. The molecular formula is C22H25BrN2O3. The first-order valence-electron chi connectivity index (χ1n) is 9.37. The van der Waals surface area contributed by atoms with Crippen LogP contribution in [0.2, 0.25) is 0 Å². The number of piperidine rings is 1. The van der Waals surface area contributed by atoms with Gasteiger partial charge in [-0.1, -0.05) is 28.1 Å². The van der Waals surface area contributed by atoms with E-state index in [-0.39, 0.29) is 11.8 Å². The molecule has 1 aliphatic heterocycles. The fraction of sp³-hybridized carbons (Fsp3) is 0.364. The summed E-state index contributed by atoms with van der Waals surface area (Å²) in [7, 11) is 1.62. The average Bonchev–Trinajstić information content (AvgIpc) is 2.72. The molecule has 0 spiro atoms. The van der Waals surface area contributed by atoms with Crippen molar-refractivity contribution in [3.63, 3.8) is 0 Å². The molecule has 0 radical (unpaired) electrons. The van der Waals surface area contributed by atoms with Crippen LogP contribution in [0.25, 0.3) is 0 Å². The van der Waals surface area contributed by atoms with Crippen LogP contribution in [0, 0.1) is 5.41 Å². The number of amides is 2. The Labute approximate surface area is 174 Å². The van der Waals surface area contributed by atoms with Crippen molar-refractivity contribution in [3.8, 4) is 5.75 Å². The topological polar surface area (TPSA) is 58.6 Å². The monoisotopic (exact) mass is 444 g/mol. The summed E-state index contributed by atoms with van der Waals surface area (Å²) in [5, 5.41) is 3.03. The molecule has 1 heterocycles. The Bertz CT molecular complexity index is 853. The van der Waals surface area contributed by atoms with E-state index in [0.29, 0.717) is 25.2 Å². The van der Waals surface area contributed by atoms with Crippen molar-refractivity contribution in [2.75, 3.05) is 20.2 Å². The molecule has 3 rings (SSSR count). The zero-order valence-electron chi connectivity index (χ0n) is 16.2. The first-order valence-corrected chi connectivity index (χ1v) is 10.2. The molecule has 0 saturated carbocycles. The van der Waals surface area contributed by atoms with Crippen molar-refractivity contribution in [1.82, 2.24) is 10.2 Å². The van der Waals surface area contributed by atoms with Gasteiger partial charge < -0.3 is 15.0 Å². The van der Waals surface area contributed by atoms with Gasteiger partial charge in [-0.2, -0.15) is 0 Å². The number of nitrogens with zero attached hydrogens (tertiary/aromatic N) is 1. The lowest BCUT2D eigenvalue weighted by Crippen LogP contribution is -2.51. The van der Waals surface area contributed by atoms with Crippen LogP contribution in [-0.2, 0) is 11.3 Å². The molecule has 0 aromatic heterocycles. The van der Waals surface area contributed by atoms with Crippen LogP contribution in [-0.4, -0.2) is 36.9 Å². The van der Waals surface area contributed by atoms with Gasteiger partial charge in [-0.25, -0.2) is 0 Å². The number of carbonyl (C=O) groups excluding carboxylic acids is 2. The smallest absolute Gasteiger partial charge is 0.253 e. The highest BCUT2D eigenvalue weighted by atomic mass is 79.9. The Hall–Kier alpha value is -2.34. The standard InChI is InChI=1S/C22H25BrN2O3/c1-22(21(27)24-14-16-5-3-6-19(13-16)28-2)11-4-12-25(15-22)20(26)17-7-9-18(23)10-8-17/h3,5-10,13H,4,11-12,14-15H2,1-2H3,(H,24,27)/t22-/m0/s1. The minimum Gasteiger partial charge on any atom is -0.497 e. The third-order valence-electron chi connectivity index (χ3n) is 5.21. The van der Waals surface area contributed by atoms with Crippen molar-refractivity contribution in [3.05, 3.63) is 64.1 Å². The van der Waals surface area contributed by atoms with Crippen LogP contribution in [0.4, 0.5) is 0 Å². The molecule has 0 bridgehead atoms. The van der Waals surface area contributed by atoms with Crippen LogP contribution in [0.3, 0.4) is 0 Å². The Morgan fingerprint density at radius 1 is 1.21 bits per heavy atom. The van der Waals surface area contributed by atoms with Crippen molar-refractivity contribution < 1.29 is 14.3 Å². The minimum absolute atomic E-state index is 0.0244. The van der Waals surface area contributed by atoms with Gasteiger partial charge in [0.05, 0.1) is 12.5 Å². The molecule has 2 amide bonds. The highest BCUT2D eigenvalue weighted by molar-refractivity contribution is 9.10. The second kappa shape index (κ2) is 8.78. The van der Waals surface area contributed by atoms with Crippen molar-refractivity contribution >= 4 is 27.7 Å². The molecule has 6 heteroatoms. The molecule has 0 aliphatic carbocycles. The summed E-state index contributed by atoms with van der Waals surface area (Å²) in [6.45, 7) is 3.47. The molecule has 2 aromatic carbocycles. The number of hydrogen-bond acceptors (Lipinski definition) is 3. The van der Waals surface area contributed by atoms with E-state index >= 15 is 0 Å². The second-order valence-corrected chi connectivity index (χ2v) is 8.35. The van der Waals surface area contributed by atoms with Gasteiger partial charge in [-0.05, 0) is 61.7 Å². The first-order chi connectivity index (χ1) is 13.4. The van der Waals surface area contributed by atoms with Gasteiger partial charge in [0.1, 0.15) is 5.75 Å². The van der Waals surface area contributed by atoms with Crippen LogP contribution >= 0.6 is 15.9 Å². The van der Waals surface area contributed by atoms with Crippen molar-refractivity contribution in [1.29, 1.82) is 0 Å². The van der Waals surface area contributed by atoms with E-state index in [1.54, 1.807) is 24.1 Å². The maximum atomic E-state index is 12.9. The van der Waals surface area contributed by atoms with Crippen LogP contribution in [0.5, 0.6) is 5.75 Å². The summed E-state index contributed by atoms with van der Waals surface area (Å²) in [6, 6.07) is 15.0. The van der Waals surface area contributed by atoms with Gasteiger partial charge in [0.2, 0.25) is 5.91 Å². The van der Waals surface area contributed by atoms with E-state index in [2.05, 4.69) is 21.2 Å². The van der Waals surface area contributed by atoms with Gasteiger partial charge in [0.25, 0.3) is 5.91 Å². The molecule has 1 N–H and O–H groups in total. The van der Waals surface area contributed by atoms with Crippen molar-refractivity contribution in [2.24, 2.45) is 5.41 Å². The summed E-state index contributed by atoms with van der Waals surface area (Å²) >= 11 is 3.39. The van der Waals surface area contributed by atoms with Gasteiger partial charge in [-0.3, -0.25) is 9.59 Å². The molecule has 148 valence electrons. The zero-order chi connectivity index (χ0) is 20.1. The lowest BCUT2D eigenvalue weighted by atomic mass is 9.80. The molecule has 5 nitrogen and oxygen atoms in total. The van der Waals surface area contributed by atoms with E-state index in [0.717, 1.165) is 28.6 Å². The third kappa shape index (κ3) is 4.73. The maximum Gasteiger partial charge on any atom is 0.253 e. The van der Waals surface area contributed by atoms with Gasteiger partial charge in [-0.15, -0.1) is 0 Å². The van der Waals surface area contributed by atoms with E-state index in [9.17, 15) is 9.59 Å². The number of benzene rings is 2. The third-order valence-corrected chi connectivity index (χ3v) is 5.74. The average molecular weight is 445 g/mol. The molecule has 0 unspecified atom stereocenters. The molecule has 28 heavy (non-hydrogen) atoms. The van der Waals surface area contributed by atoms with Crippen LogP contribution in [0.15, 0.2) is 53.0 Å². The molecule has 1 fully saturated rings. The summed E-state index contributed by atoms with van der Waals surface area (Å²) in [5.74, 6) is 0.713. The van der Waals surface area contributed by atoms with Gasteiger partial charge in [0.15, 0.2) is 0 Å². The molecular weight excluding hydrogens is 420 g/mol. The molecule has 1 saturated heterocycles. The van der Waals surface area contributed by atoms with E-state index in [4.69, 9.17) is 4.74 Å². The van der Waals surface area contributed by atoms with E-state index in [1.165, 1.54) is 0 Å². The number of hydrogen-bond donors (Lipinski definition) is 1. The minimum atomic E-state index is -0.595. The molecule has 1 aliphatic rings. The lowest BCUT2D eigenvalue weighted by molar-refractivity contribution is -0.132. The summed E-state index contributed by atoms with van der Waals surface area (Å²) in [5.41, 5.74) is 1.03. The largest absolute Gasteiger partial charge is 0.497 e. The quantitative estimate of drug-likeness (QED) is 0.757. The van der Waals surface area contributed by atoms with Crippen molar-refractivity contribution in [2.45, 2.75) is 26.3 Å². The van der Waals surface area contributed by atoms with Crippen LogP contribution in [0.1, 0.15) is 35.7 Å². The fourth-order valence-electron chi connectivity index (χ4n) is 3.55. The summed E-state index contributed by atoms with van der Waals surface area (Å²) in [6.07, 6.45) is 1.58. The van der Waals surface area contributed by atoms with E-state index in [1.807, 2.05) is 43.3 Å². The van der Waals surface area contributed by atoms with Crippen LogP contribution < -0.4 is 10.1 Å². The predicted molar refractivity (Wildman–Crippen MR) is 112 cm³/mol. The highest BCUT2D eigenvalue weighted by Crippen LogP contribution is 2.31. The SMILES string of the molecule is COc1cccc(CNC(=O)[C@@]2(C)CCCN(C(=O)c3ccc(Br)cc3)C2)c1. The highest BCUT2D eigenvalue weighted by Gasteiger charge is 2.39. The number of methoxy groups -OCH3 is 1. The van der Waals surface area contributed by atoms with Gasteiger partial charge >= 0.3 is 0 Å². The molecule has 1 atom stereocenters. The number of carbonyl (C=O) groups is 2. The normalized spacial score (nSPS) is 19.2. The maximum absolute atomic E-state index is 12.9. The number of likely N-dealkylation sites (tertiary alicyclic amines) is 1. The summed E-state index contributed by atoms with van der Waals surface area (Å²) in [4.78, 5) is 27.5. The molecule has 2 aromatic rings.